The van der Waals surface area contributed by atoms with Crippen LogP contribution in [0.2, 0.25) is 0 Å². The summed E-state index contributed by atoms with van der Waals surface area (Å²) < 4.78 is 13.7. The average molecular weight is 274 g/mol. The minimum atomic E-state index is -0.329. The van der Waals surface area contributed by atoms with Gasteiger partial charge in [0.2, 0.25) is 0 Å². The fourth-order valence-electron chi connectivity index (χ4n) is 1.23. The van der Waals surface area contributed by atoms with E-state index >= 15 is 0 Å². The van der Waals surface area contributed by atoms with Gasteiger partial charge in [0.1, 0.15) is 5.82 Å². The van der Waals surface area contributed by atoms with Crippen molar-refractivity contribution in [3.05, 3.63) is 34.1 Å². The number of hydrogen-bond acceptors (Lipinski definition) is 2. The first kappa shape index (κ1) is 12.3. The Morgan fingerprint density at radius 2 is 2.20 bits per heavy atom. The van der Waals surface area contributed by atoms with Crippen LogP contribution in [0.3, 0.4) is 0 Å². The van der Waals surface area contributed by atoms with Crippen molar-refractivity contribution in [2.45, 2.75) is 19.4 Å². The first-order valence-electron chi connectivity index (χ1n) is 4.68. The van der Waals surface area contributed by atoms with E-state index in [1.165, 1.54) is 12.1 Å². The first-order valence-corrected chi connectivity index (χ1v) is 5.47. The Hall–Kier alpha value is -0.740. The molecular formula is C11H13BrFNO. The number of carbonyl (C=O) groups excluding carboxylic acids is 1. The molecule has 0 spiro atoms. The van der Waals surface area contributed by atoms with Gasteiger partial charge in [-0.2, -0.15) is 0 Å². The second-order valence-corrected chi connectivity index (χ2v) is 4.35. The molecule has 1 rings (SSSR count). The molecule has 0 saturated heterocycles. The molecule has 0 bridgehead atoms. The van der Waals surface area contributed by atoms with Crippen LogP contribution in [0.5, 0.6) is 0 Å². The third-order valence-corrected chi connectivity index (χ3v) is 2.67. The van der Waals surface area contributed by atoms with Crippen molar-refractivity contribution >= 4 is 21.7 Å². The average Bonchev–Trinajstić information content (AvgIpc) is 2.14. The Bertz CT molecular complexity index is 347. The molecule has 1 aromatic rings. The molecule has 82 valence electrons. The normalized spacial score (nSPS) is 12.5. The Morgan fingerprint density at radius 3 is 2.73 bits per heavy atom. The van der Waals surface area contributed by atoms with Crippen molar-refractivity contribution in [1.29, 1.82) is 0 Å². The molecule has 0 saturated carbocycles. The molecule has 2 nitrogen and oxygen atoms in total. The van der Waals surface area contributed by atoms with Crippen LogP contribution in [0, 0.1) is 5.82 Å². The van der Waals surface area contributed by atoms with Crippen LogP contribution in [0.4, 0.5) is 4.39 Å². The number of halogens is 2. The fraction of sp³-hybridized carbons (Fsp3) is 0.364. The zero-order valence-electron chi connectivity index (χ0n) is 8.68. The second kappa shape index (κ2) is 5.37. The molecule has 0 heterocycles. The van der Waals surface area contributed by atoms with Crippen molar-refractivity contribution in [1.82, 2.24) is 5.32 Å². The smallest absolute Gasteiger partial charge is 0.153 e. The van der Waals surface area contributed by atoms with E-state index < -0.39 is 0 Å². The fourth-order valence-corrected chi connectivity index (χ4v) is 1.74. The van der Waals surface area contributed by atoms with E-state index in [9.17, 15) is 9.18 Å². The lowest BCUT2D eigenvalue weighted by atomic mass is 10.0. The third kappa shape index (κ3) is 3.72. The minimum absolute atomic E-state index is 0.0509. The maximum Gasteiger partial charge on any atom is 0.153 e. The van der Waals surface area contributed by atoms with Crippen molar-refractivity contribution in [3.63, 3.8) is 0 Å². The van der Waals surface area contributed by atoms with Gasteiger partial charge in [0, 0.05) is 10.9 Å². The number of rotatable bonds is 4. The van der Waals surface area contributed by atoms with Gasteiger partial charge >= 0.3 is 0 Å². The summed E-state index contributed by atoms with van der Waals surface area (Å²) in [5, 5.41) is 2.86. The topological polar surface area (TPSA) is 29.1 Å². The molecule has 0 amide bonds. The zero-order valence-corrected chi connectivity index (χ0v) is 10.3. The van der Waals surface area contributed by atoms with Gasteiger partial charge < -0.3 is 5.32 Å². The molecular weight excluding hydrogens is 261 g/mol. The monoisotopic (exact) mass is 273 g/mol. The first-order chi connectivity index (χ1) is 7.02. The summed E-state index contributed by atoms with van der Waals surface area (Å²) in [6.07, 6.45) is 0.248. The van der Waals surface area contributed by atoms with Gasteiger partial charge in [0.25, 0.3) is 0 Å². The summed E-state index contributed by atoms with van der Waals surface area (Å²) in [4.78, 5) is 11.6. The lowest BCUT2D eigenvalue weighted by molar-refractivity contribution is -0.119. The molecule has 0 aliphatic heterocycles. The minimum Gasteiger partial charge on any atom is -0.311 e. The largest absolute Gasteiger partial charge is 0.311 e. The molecule has 1 unspecified atom stereocenters. The van der Waals surface area contributed by atoms with Gasteiger partial charge in [-0.05, 0) is 37.7 Å². The summed E-state index contributed by atoms with van der Waals surface area (Å²) in [5.74, 6) is -0.278. The van der Waals surface area contributed by atoms with Crippen LogP contribution < -0.4 is 5.32 Å². The maximum atomic E-state index is 13.0. The highest BCUT2D eigenvalue weighted by molar-refractivity contribution is 9.10. The molecule has 15 heavy (non-hydrogen) atoms. The summed E-state index contributed by atoms with van der Waals surface area (Å²) in [5.41, 5.74) is 0.689. The SMILES string of the molecule is CNC(C)C(=O)Cc1cc(F)cc(Br)c1. The molecule has 0 aromatic heterocycles. The third-order valence-electron chi connectivity index (χ3n) is 2.22. The summed E-state index contributed by atoms with van der Waals surface area (Å²) >= 11 is 3.19. The Morgan fingerprint density at radius 1 is 1.53 bits per heavy atom. The zero-order chi connectivity index (χ0) is 11.4. The lowest BCUT2D eigenvalue weighted by Crippen LogP contribution is -2.31. The summed E-state index contributed by atoms with van der Waals surface area (Å²) in [7, 11) is 1.73. The number of ketones is 1. The highest BCUT2D eigenvalue weighted by Crippen LogP contribution is 2.15. The number of benzene rings is 1. The van der Waals surface area contributed by atoms with Crippen LogP contribution >= 0.6 is 15.9 Å². The van der Waals surface area contributed by atoms with E-state index in [1.54, 1.807) is 20.0 Å². The highest BCUT2D eigenvalue weighted by atomic mass is 79.9. The molecule has 1 atom stereocenters. The van der Waals surface area contributed by atoms with E-state index in [2.05, 4.69) is 21.2 Å². The van der Waals surface area contributed by atoms with Crippen LogP contribution in [-0.2, 0) is 11.2 Å². The van der Waals surface area contributed by atoms with Crippen molar-refractivity contribution in [2.24, 2.45) is 0 Å². The molecule has 1 N–H and O–H groups in total. The van der Waals surface area contributed by atoms with Gasteiger partial charge in [0.15, 0.2) is 5.78 Å². The predicted octanol–water partition coefficient (Wildman–Crippen LogP) is 2.31. The molecule has 0 radical (unpaired) electrons. The van der Waals surface area contributed by atoms with Gasteiger partial charge in [0.05, 0.1) is 6.04 Å². The Balaban J connectivity index is 2.76. The molecule has 1 aromatic carbocycles. The van der Waals surface area contributed by atoms with Crippen molar-refractivity contribution in [3.8, 4) is 0 Å². The van der Waals surface area contributed by atoms with Gasteiger partial charge in [-0.15, -0.1) is 0 Å². The summed E-state index contributed by atoms with van der Waals surface area (Å²) in [6.45, 7) is 1.79. The van der Waals surface area contributed by atoms with Gasteiger partial charge in [-0.3, -0.25) is 4.79 Å². The summed E-state index contributed by atoms with van der Waals surface area (Å²) in [6, 6.07) is 4.30. The van der Waals surface area contributed by atoms with E-state index in [0.717, 1.165) is 0 Å². The number of hydrogen-bond donors (Lipinski definition) is 1. The Labute approximate surface area is 97.0 Å². The van der Waals surface area contributed by atoms with Crippen LogP contribution in [0.25, 0.3) is 0 Å². The standard InChI is InChI=1S/C11H13BrFNO/c1-7(14-2)11(15)5-8-3-9(12)6-10(13)4-8/h3-4,6-7,14H,5H2,1-2H3. The molecule has 0 fully saturated rings. The second-order valence-electron chi connectivity index (χ2n) is 3.43. The van der Waals surface area contributed by atoms with Gasteiger partial charge in [-0.25, -0.2) is 4.39 Å². The van der Waals surface area contributed by atoms with Crippen LogP contribution in [0.15, 0.2) is 22.7 Å². The number of likely N-dealkylation sites (N-methyl/N-ethyl adjacent to an activating group) is 1. The van der Waals surface area contributed by atoms with Crippen LogP contribution in [0.1, 0.15) is 12.5 Å². The van der Waals surface area contributed by atoms with E-state index in [1.807, 2.05) is 0 Å². The highest BCUT2D eigenvalue weighted by Gasteiger charge is 2.11. The number of Topliss-reactive ketones (excluding diaryl/α,β-unsaturated/α-hetero) is 1. The molecule has 4 heteroatoms. The number of nitrogens with one attached hydrogen (secondary N) is 1. The van der Waals surface area contributed by atoms with E-state index in [-0.39, 0.29) is 24.1 Å². The molecule has 0 aliphatic rings. The number of carbonyl (C=O) groups is 1. The Kier molecular flexibility index (Phi) is 4.42. The quantitative estimate of drug-likeness (QED) is 0.912. The van der Waals surface area contributed by atoms with Crippen LogP contribution in [-0.4, -0.2) is 18.9 Å². The van der Waals surface area contributed by atoms with Crippen molar-refractivity contribution in [2.75, 3.05) is 7.05 Å². The lowest BCUT2D eigenvalue weighted by Gasteiger charge is -2.09. The van der Waals surface area contributed by atoms with Crippen molar-refractivity contribution < 1.29 is 9.18 Å². The van der Waals surface area contributed by atoms with E-state index in [4.69, 9.17) is 0 Å². The van der Waals surface area contributed by atoms with E-state index in [0.29, 0.717) is 10.0 Å². The molecule has 0 aliphatic carbocycles. The van der Waals surface area contributed by atoms with Gasteiger partial charge in [-0.1, -0.05) is 15.9 Å². The predicted molar refractivity (Wildman–Crippen MR) is 61.3 cm³/mol. The maximum absolute atomic E-state index is 13.0.